The van der Waals surface area contributed by atoms with Crippen molar-refractivity contribution in [3.8, 4) is 0 Å². The average Bonchev–Trinajstić information content (AvgIpc) is 2.28. The van der Waals surface area contributed by atoms with Gasteiger partial charge < -0.3 is 24.0 Å². The highest BCUT2D eigenvalue weighted by molar-refractivity contribution is 7.57. The molecule has 7 heteroatoms. The molecule has 6 nitrogen and oxygen atoms in total. The predicted octanol–water partition coefficient (Wildman–Crippen LogP) is 3.48. The fourth-order valence-electron chi connectivity index (χ4n) is 1.07. The van der Waals surface area contributed by atoms with E-state index in [9.17, 15) is 14.8 Å². The topological polar surface area (TPSA) is 85.2 Å². The average molecular weight is 280 g/mol. The van der Waals surface area contributed by atoms with E-state index in [-0.39, 0.29) is 25.4 Å². The largest absolute Gasteiger partial charge is 0.507 e. The molecule has 0 saturated carbocycles. The fraction of sp³-hybridized carbons (Fsp3) is 0.636. The van der Waals surface area contributed by atoms with Crippen LogP contribution in [0.1, 0.15) is 27.7 Å². The quantitative estimate of drug-likeness (QED) is 0.402. The summed E-state index contributed by atoms with van der Waals surface area (Å²) in [7, 11) is -3.50. The molecule has 106 valence electrons. The predicted molar refractivity (Wildman–Crippen MR) is 68.5 cm³/mol. The zero-order valence-electron chi connectivity index (χ0n) is 11.2. The molecule has 0 radical (unpaired) electrons. The van der Waals surface area contributed by atoms with Crippen LogP contribution in [0.25, 0.3) is 0 Å². The van der Waals surface area contributed by atoms with E-state index < -0.39 is 19.3 Å². The van der Waals surface area contributed by atoms with Crippen LogP contribution in [-0.2, 0) is 18.3 Å². The first-order valence-corrected chi connectivity index (χ1v) is 7.35. The molecule has 0 bridgehead atoms. The molecule has 0 unspecified atom stereocenters. The summed E-state index contributed by atoms with van der Waals surface area (Å²) in [5.74, 6) is 0.141. The van der Waals surface area contributed by atoms with Crippen LogP contribution in [0.3, 0.4) is 0 Å². The lowest BCUT2D eigenvalue weighted by Gasteiger charge is -2.14. The molecule has 0 aliphatic rings. The normalized spacial score (nSPS) is 14.3. The van der Waals surface area contributed by atoms with E-state index in [2.05, 4.69) is 0 Å². The minimum Gasteiger partial charge on any atom is -0.507 e. The van der Waals surface area contributed by atoms with E-state index in [1.165, 1.54) is 6.92 Å². The molecule has 18 heavy (non-hydrogen) atoms. The minimum atomic E-state index is -3.50. The molecule has 0 heterocycles. The maximum absolute atomic E-state index is 12.1. The number of allylic oxidation sites excluding steroid dienone is 1. The lowest BCUT2D eigenvalue weighted by molar-refractivity contribution is 0.0968. The summed E-state index contributed by atoms with van der Waals surface area (Å²) in [5.41, 5.74) is 0.0662. The van der Waals surface area contributed by atoms with Crippen molar-refractivity contribution in [1.82, 2.24) is 0 Å². The van der Waals surface area contributed by atoms with E-state index in [0.717, 1.165) is 5.82 Å². The number of hydrogen-bond donors (Lipinski definition) is 2. The second kappa shape index (κ2) is 8.19. The number of aliphatic hydroxyl groups is 2. The molecule has 0 aliphatic carbocycles. The van der Waals surface area contributed by atoms with Gasteiger partial charge in [-0.3, -0.25) is 4.57 Å². The third kappa shape index (κ3) is 5.58. The molecule has 0 aromatic rings. The van der Waals surface area contributed by atoms with Crippen molar-refractivity contribution in [2.24, 2.45) is 0 Å². The maximum atomic E-state index is 12.1. The van der Waals surface area contributed by atoms with Gasteiger partial charge in [-0.1, -0.05) is 0 Å². The minimum absolute atomic E-state index is 0.0662. The van der Waals surface area contributed by atoms with E-state index in [1.54, 1.807) is 20.8 Å². The highest BCUT2D eigenvalue weighted by atomic mass is 31.2. The molecule has 0 amide bonds. The van der Waals surface area contributed by atoms with Crippen molar-refractivity contribution in [3.05, 3.63) is 23.1 Å². The Labute approximate surface area is 107 Å². The molecule has 0 aromatic carbocycles. The number of aliphatic hydroxyl groups excluding tert-OH is 2. The van der Waals surface area contributed by atoms with Crippen LogP contribution in [0.5, 0.6) is 0 Å². The van der Waals surface area contributed by atoms with Crippen LogP contribution in [0.4, 0.5) is 0 Å². The Bertz CT molecular complexity index is 351. The van der Waals surface area contributed by atoms with E-state index in [1.807, 2.05) is 0 Å². The van der Waals surface area contributed by atoms with Crippen LogP contribution in [-0.4, -0.2) is 30.0 Å². The Morgan fingerprint density at radius 1 is 1.11 bits per heavy atom. The van der Waals surface area contributed by atoms with Gasteiger partial charge in [-0.2, -0.15) is 0 Å². The third-order valence-corrected chi connectivity index (χ3v) is 3.68. The Morgan fingerprint density at radius 3 is 2.00 bits per heavy atom. The molecular weight excluding hydrogens is 259 g/mol. The van der Waals surface area contributed by atoms with Crippen molar-refractivity contribution in [2.75, 3.05) is 19.8 Å². The van der Waals surface area contributed by atoms with Crippen molar-refractivity contribution in [2.45, 2.75) is 27.7 Å². The summed E-state index contributed by atoms with van der Waals surface area (Å²) in [4.78, 5) is 0. The Hall–Kier alpha value is -0.970. The highest BCUT2D eigenvalue weighted by Crippen LogP contribution is 2.50. The summed E-state index contributed by atoms with van der Waals surface area (Å²) < 4.78 is 26.9. The summed E-state index contributed by atoms with van der Waals surface area (Å²) in [6, 6.07) is 0. The molecule has 0 spiro atoms. The van der Waals surface area contributed by atoms with E-state index >= 15 is 0 Å². The second-order valence-electron chi connectivity index (χ2n) is 3.25. The smallest absolute Gasteiger partial charge is 0.357 e. The molecule has 0 aliphatic heterocycles. The number of ether oxygens (including phenoxy) is 1. The van der Waals surface area contributed by atoms with Crippen LogP contribution in [0.2, 0.25) is 0 Å². The van der Waals surface area contributed by atoms with Crippen molar-refractivity contribution < 1.29 is 28.6 Å². The van der Waals surface area contributed by atoms with Crippen molar-refractivity contribution >= 4 is 7.60 Å². The molecule has 2 N–H and O–H groups in total. The van der Waals surface area contributed by atoms with Gasteiger partial charge in [0.25, 0.3) is 5.95 Å². The van der Waals surface area contributed by atoms with Gasteiger partial charge >= 0.3 is 7.60 Å². The van der Waals surface area contributed by atoms with Crippen LogP contribution < -0.4 is 0 Å². The fourth-order valence-corrected chi connectivity index (χ4v) is 2.51. The monoisotopic (exact) mass is 280 g/mol. The van der Waals surface area contributed by atoms with Crippen LogP contribution in [0, 0.1) is 0 Å². The molecule has 0 fully saturated rings. The van der Waals surface area contributed by atoms with Crippen molar-refractivity contribution in [1.29, 1.82) is 0 Å². The van der Waals surface area contributed by atoms with Gasteiger partial charge in [0.15, 0.2) is 0 Å². The van der Waals surface area contributed by atoms with Crippen LogP contribution >= 0.6 is 7.60 Å². The maximum Gasteiger partial charge on any atom is 0.357 e. The zero-order valence-corrected chi connectivity index (χ0v) is 12.1. The first-order valence-electron chi connectivity index (χ1n) is 5.73. The van der Waals surface area contributed by atoms with Gasteiger partial charge in [-0.25, -0.2) is 0 Å². The SMILES string of the molecule is CCO/C(O)=C(C)/C(O)=C/P(=O)(OCC)OCC. The van der Waals surface area contributed by atoms with Crippen LogP contribution in [0.15, 0.2) is 23.1 Å². The molecular formula is C11H21O6P. The Balaban J connectivity index is 5.13. The number of hydrogen-bond acceptors (Lipinski definition) is 6. The second-order valence-corrected chi connectivity index (χ2v) is 5.11. The number of rotatable bonds is 8. The molecule has 0 rings (SSSR count). The lowest BCUT2D eigenvalue weighted by Crippen LogP contribution is -1.99. The van der Waals surface area contributed by atoms with E-state index in [0.29, 0.717) is 0 Å². The lowest BCUT2D eigenvalue weighted by atomic mass is 10.3. The Morgan fingerprint density at radius 2 is 1.61 bits per heavy atom. The van der Waals surface area contributed by atoms with Gasteiger partial charge in [-0.15, -0.1) is 0 Å². The first kappa shape index (κ1) is 17.0. The zero-order chi connectivity index (χ0) is 14.2. The Kier molecular flexibility index (Phi) is 7.75. The van der Waals surface area contributed by atoms with Crippen molar-refractivity contribution in [3.63, 3.8) is 0 Å². The highest BCUT2D eigenvalue weighted by Gasteiger charge is 2.22. The first-order chi connectivity index (χ1) is 8.40. The van der Waals surface area contributed by atoms with Gasteiger partial charge in [-0.05, 0) is 27.7 Å². The summed E-state index contributed by atoms with van der Waals surface area (Å²) >= 11 is 0. The molecule has 0 saturated heterocycles. The van der Waals surface area contributed by atoms with Gasteiger partial charge in [0.2, 0.25) is 0 Å². The third-order valence-electron chi connectivity index (χ3n) is 1.88. The molecule has 0 aromatic heterocycles. The van der Waals surface area contributed by atoms with Gasteiger partial charge in [0.05, 0.1) is 31.2 Å². The molecule has 0 atom stereocenters. The standard InChI is InChI=1S/C11H21O6P/c1-5-15-11(13)9(4)10(12)8-18(14,16-6-2)17-7-3/h8,12-13H,5-7H2,1-4H3/b10-8-,11-9+. The summed E-state index contributed by atoms with van der Waals surface area (Å²) in [6.07, 6.45) is 0. The summed E-state index contributed by atoms with van der Waals surface area (Å²) in [5, 5.41) is 19.2. The van der Waals surface area contributed by atoms with E-state index in [4.69, 9.17) is 13.8 Å². The van der Waals surface area contributed by atoms with Gasteiger partial charge in [0, 0.05) is 0 Å². The van der Waals surface area contributed by atoms with Gasteiger partial charge in [0.1, 0.15) is 5.76 Å². The summed E-state index contributed by atoms with van der Waals surface area (Å²) in [6.45, 7) is 7.07.